The summed E-state index contributed by atoms with van der Waals surface area (Å²) in [6.45, 7) is 10.1. The Kier molecular flexibility index (Phi) is 4.84. The van der Waals surface area contributed by atoms with E-state index in [1.165, 1.54) is 0 Å². The molecule has 0 N–H and O–H groups in total. The first kappa shape index (κ1) is 15.8. The van der Waals surface area contributed by atoms with Gasteiger partial charge in [-0.2, -0.15) is 0 Å². The number of rotatable bonds is 4. The number of ether oxygens (including phenoxy) is 1. The highest BCUT2D eigenvalue weighted by Gasteiger charge is 2.14. The van der Waals surface area contributed by atoms with Crippen LogP contribution in [0.4, 0.5) is 0 Å². The van der Waals surface area contributed by atoms with E-state index in [0.29, 0.717) is 5.15 Å². The van der Waals surface area contributed by atoms with Crippen LogP contribution in [0.1, 0.15) is 45.0 Å². The third-order valence-corrected chi connectivity index (χ3v) is 3.47. The zero-order valence-electron chi connectivity index (χ0n) is 13.1. The molecule has 0 saturated carbocycles. The Morgan fingerprint density at radius 3 is 2.43 bits per heavy atom. The number of halogens is 1. The first-order valence-corrected chi connectivity index (χ1v) is 7.57. The van der Waals surface area contributed by atoms with Crippen molar-refractivity contribution in [2.24, 2.45) is 0 Å². The molecule has 1 aromatic heterocycles. The maximum absolute atomic E-state index is 6.25. The van der Waals surface area contributed by atoms with Crippen LogP contribution in [0.3, 0.4) is 0 Å². The van der Waals surface area contributed by atoms with Crippen LogP contribution < -0.4 is 4.74 Å². The van der Waals surface area contributed by atoms with Crippen LogP contribution in [-0.2, 0) is 0 Å². The lowest BCUT2D eigenvalue weighted by Crippen LogP contribution is -2.06. The maximum atomic E-state index is 6.25. The predicted molar refractivity (Wildman–Crippen MR) is 87.1 cm³/mol. The topological polar surface area (TPSA) is 35.0 Å². The summed E-state index contributed by atoms with van der Waals surface area (Å²) in [5.41, 5.74) is 2.76. The van der Waals surface area contributed by atoms with Crippen molar-refractivity contribution < 1.29 is 4.74 Å². The van der Waals surface area contributed by atoms with E-state index in [-0.39, 0.29) is 12.0 Å². The zero-order chi connectivity index (χ0) is 15.6. The summed E-state index contributed by atoms with van der Waals surface area (Å²) in [5, 5.41) is 0.513. The summed E-state index contributed by atoms with van der Waals surface area (Å²) in [5.74, 6) is 1.83. The molecule has 0 bridgehead atoms. The Hall–Kier alpha value is -1.61. The average molecular weight is 305 g/mol. The number of hydrogen-bond donors (Lipinski definition) is 0. The fourth-order valence-electron chi connectivity index (χ4n) is 2.03. The van der Waals surface area contributed by atoms with Crippen molar-refractivity contribution in [2.75, 3.05) is 0 Å². The fourth-order valence-corrected chi connectivity index (χ4v) is 2.21. The Bertz CT molecular complexity index is 639. The second-order valence-corrected chi connectivity index (χ2v) is 6.05. The van der Waals surface area contributed by atoms with Crippen LogP contribution in [0.2, 0.25) is 5.15 Å². The normalized spacial score (nSPS) is 11.2. The smallest absolute Gasteiger partial charge is 0.136 e. The van der Waals surface area contributed by atoms with Crippen molar-refractivity contribution in [3.63, 3.8) is 0 Å². The minimum Gasteiger partial charge on any atom is -0.491 e. The number of nitrogens with zero attached hydrogens (tertiary/aromatic N) is 2. The quantitative estimate of drug-likeness (QED) is 0.744. The van der Waals surface area contributed by atoms with E-state index in [1.54, 1.807) is 0 Å². The molecule has 112 valence electrons. The molecule has 0 atom stereocenters. The molecule has 0 aliphatic heterocycles. The minimum absolute atomic E-state index is 0.140. The van der Waals surface area contributed by atoms with Gasteiger partial charge in [0.15, 0.2) is 0 Å². The first-order chi connectivity index (χ1) is 9.88. The lowest BCUT2D eigenvalue weighted by molar-refractivity contribution is 0.242. The summed E-state index contributed by atoms with van der Waals surface area (Å²) in [4.78, 5) is 9.02. The highest BCUT2D eigenvalue weighted by atomic mass is 35.5. The van der Waals surface area contributed by atoms with Crippen LogP contribution in [-0.4, -0.2) is 16.1 Å². The van der Waals surface area contributed by atoms with Gasteiger partial charge in [0.25, 0.3) is 0 Å². The summed E-state index contributed by atoms with van der Waals surface area (Å²) >= 11 is 6.25. The molecule has 21 heavy (non-hydrogen) atoms. The molecule has 0 spiro atoms. The van der Waals surface area contributed by atoms with Gasteiger partial charge in [0, 0.05) is 17.0 Å². The van der Waals surface area contributed by atoms with Crippen LogP contribution in [0.5, 0.6) is 5.75 Å². The van der Waals surface area contributed by atoms with Gasteiger partial charge in [-0.15, -0.1) is 0 Å². The Labute approximate surface area is 131 Å². The van der Waals surface area contributed by atoms with E-state index in [2.05, 4.69) is 23.8 Å². The monoisotopic (exact) mass is 304 g/mol. The molecule has 0 aliphatic rings. The van der Waals surface area contributed by atoms with Gasteiger partial charge < -0.3 is 4.74 Å². The molecule has 0 saturated heterocycles. The van der Waals surface area contributed by atoms with Crippen LogP contribution in [0.25, 0.3) is 11.3 Å². The van der Waals surface area contributed by atoms with Gasteiger partial charge in [0.1, 0.15) is 16.7 Å². The third kappa shape index (κ3) is 3.73. The van der Waals surface area contributed by atoms with Crippen LogP contribution in [0.15, 0.2) is 24.3 Å². The predicted octanol–water partition coefficient (Wildman–Crippen LogP) is 5.02. The SMILES string of the molecule is Cc1c(Cl)nc(C(C)C)nc1-c1cccc(OC(C)C)c1. The zero-order valence-corrected chi connectivity index (χ0v) is 13.9. The molecule has 2 rings (SSSR count). The van der Waals surface area contributed by atoms with Gasteiger partial charge in [-0.05, 0) is 32.9 Å². The second kappa shape index (κ2) is 6.44. The standard InChI is InChI=1S/C17H21ClN2O/c1-10(2)17-19-15(12(5)16(18)20-17)13-7-6-8-14(9-13)21-11(3)4/h6-11H,1-5H3. The highest BCUT2D eigenvalue weighted by Crippen LogP contribution is 2.29. The molecule has 0 radical (unpaired) electrons. The molecule has 1 aromatic carbocycles. The van der Waals surface area contributed by atoms with Gasteiger partial charge in [-0.1, -0.05) is 37.6 Å². The highest BCUT2D eigenvalue weighted by molar-refractivity contribution is 6.30. The molecule has 0 fully saturated rings. The van der Waals surface area contributed by atoms with Gasteiger partial charge >= 0.3 is 0 Å². The molecule has 2 aromatic rings. The fraction of sp³-hybridized carbons (Fsp3) is 0.412. The first-order valence-electron chi connectivity index (χ1n) is 7.19. The van der Waals surface area contributed by atoms with Crippen molar-refractivity contribution in [1.29, 1.82) is 0 Å². The lowest BCUT2D eigenvalue weighted by Gasteiger charge is -2.13. The Balaban J connectivity index is 2.50. The molecule has 4 heteroatoms. The molecular weight excluding hydrogens is 284 g/mol. The minimum atomic E-state index is 0.140. The molecule has 0 unspecified atom stereocenters. The van der Waals surface area contributed by atoms with E-state index >= 15 is 0 Å². The van der Waals surface area contributed by atoms with Crippen LogP contribution in [0, 0.1) is 6.92 Å². The van der Waals surface area contributed by atoms with E-state index in [1.807, 2.05) is 45.0 Å². The van der Waals surface area contributed by atoms with Crippen molar-refractivity contribution in [1.82, 2.24) is 9.97 Å². The largest absolute Gasteiger partial charge is 0.491 e. The molecule has 0 aliphatic carbocycles. The summed E-state index contributed by atoms with van der Waals surface area (Å²) in [6.07, 6.45) is 0.140. The van der Waals surface area contributed by atoms with E-state index < -0.39 is 0 Å². The molecule has 0 amide bonds. The van der Waals surface area contributed by atoms with E-state index in [0.717, 1.165) is 28.4 Å². The maximum Gasteiger partial charge on any atom is 0.136 e. The van der Waals surface area contributed by atoms with Gasteiger partial charge in [-0.25, -0.2) is 9.97 Å². The van der Waals surface area contributed by atoms with Crippen molar-refractivity contribution in [3.8, 4) is 17.0 Å². The summed E-state index contributed by atoms with van der Waals surface area (Å²) < 4.78 is 5.75. The summed E-state index contributed by atoms with van der Waals surface area (Å²) in [6, 6.07) is 7.93. The molecule has 3 nitrogen and oxygen atoms in total. The van der Waals surface area contributed by atoms with Crippen LogP contribution >= 0.6 is 11.6 Å². The lowest BCUT2D eigenvalue weighted by atomic mass is 10.1. The van der Waals surface area contributed by atoms with Gasteiger partial charge in [0.05, 0.1) is 11.8 Å². The average Bonchev–Trinajstić information content (AvgIpc) is 2.41. The van der Waals surface area contributed by atoms with E-state index in [4.69, 9.17) is 16.3 Å². The van der Waals surface area contributed by atoms with E-state index in [9.17, 15) is 0 Å². The Morgan fingerprint density at radius 1 is 1.10 bits per heavy atom. The van der Waals surface area contributed by atoms with Gasteiger partial charge in [-0.3, -0.25) is 0 Å². The number of benzene rings is 1. The third-order valence-electron chi connectivity index (χ3n) is 3.10. The molecule has 1 heterocycles. The van der Waals surface area contributed by atoms with Gasteiger partial charge in [0.2, 0.25) is 0 Å². The number of hydrogen-bond acceptors (Lipinski definition) is 3. The number of aromatic nitrogens is 2. The van der Waals surface area contributed by atoms with Crippen molar-refractivity contribution >= 4 is 11.6 Å². The van der Waals surface area contributed by atoms with Crippen molar-refractivity contribution in [3.05, 3.63) is 40.8 Å². The Morgan fingerprint density at radius 2 is 1.81 bits per heavy atom. The second-order valence-electron chi connectivity index (χ2n) is 5.70. The molecular formula is C17H21ClN2O. The van der Waals surface area contributed by atoms with Crippen molar-refractivity contribution in [2.45, 2.75) is 46.6 Å². The summed E-state index contributed by atoms with van der Waals surface area (Å²) in [7, 11) is 0.